The van der Waals surface area contributed by atoms with Crippen LogP contribution in [0.4, 0.5) is 4.79 Å². The van der Waals surface area contributed by atoms with Crippen LogP contribution in [0.2, 0.25) is 0 Å². The van der Waals surface area contributed by atoms with E-state index >= 15 is 0 Å². The Balaban J connectivity index is 2.34. The summed E-state index contributed by atoms with van der Waals surface area (Å²) >= 11 is -2.03. The number of aliphatic hydroxyl groups is 1. The van der Waals surface area contributed by atoms with Gasteiger partial charge in [-0.2, -0.15) is 0 Å². The first-order chi connectivity index (χ1) is 9.10. The van der Waals surface area contributed by atoms with Crippen LogP contribution in [0.5, 0.6) is 0 Å². The molecule has 0 spiro atoms. The number of carbonyl (C=O) groups is 1. The lowest BCUT2D eigenvalue weighted by atomic mass is 9.82. The predicted octanol–water partition coefficient (Wildman–Crippen LogP) is 0.911. The number of rotatable bonds is 4. The summed E-state index contributed by atoms with van der Waals surface area (Å²) in [6, 6.07) is -0.0809. The van der Waals surface area contributed by atoms with Crippen molar-refractivity contribution in [2.75, 3.05) is 6.54 Å². The standard InChI is InChI=1S/C12H24N2O5S/c1-11(2,3)19-10(15)13-8-12(16)6-4-9(5-7-12)14-20(17)18/h9,14,16H,4-8H2,1-3H3,(H,13,15)(H,17,18). The van der Waals surface area contributed by atoms with Gasteiger partial charge in [-0.1, -0.05) is 0 Å². The van der Waals surface area contributed by atoms with Crippen LogP contribution in [0.25, 0.3) is 0 Å². The molecule has 0 radical (unpaired) electrons. The second-order valence-corrected chi connectivity index (χ2v) is 6.96. The van der Waals surface area contributed by atoms with Crippen molar-refractivity contribution >= 4 is 17.4 Å². The molecule has 1 amide bonds. The van der Waals surface area contributed by atoms with Gasteiger partial charge in [0.25, 0.3) is 0 Å². The molecular weight excluding hydrogens is 284 g/mol. The van der Waals surface area contributed by atoms with Gasteiger partial charge in [0, 0.05) is 12.6 Å². The summed E-state index contributed by atoms with van der Waals surface area (Å²) in [4.78, 5) is 11.5. The molecule has 1 aliphatic rings. The van der Waals surface area contributed by atoms with Gasteiger partial charge >= 0.3 is 6.09 Å². The lowest BCUT2D eigenvalue weighted by molar-refractivity contribution is -0.00600. The fraction of sp³-hybridized carbons (Fsp3) is 0.917. The molecule has 0 bridgehead atoms. The largest absolute Gasteiger partial charge is 0.444 e. The Kier molecular flexibility index (Phi) is 5.93. The highest BCUT2D eigenvalue weighted by molar-refractivity contribution is 7.77. The van der Waals surface area contributed by atoms with Gasteiger partial charge < -0.3 is 15.2 Å². The molecule has 1 aliphatic carbocycles. The van der Waals surface area contributed by atoms with E-state index < -0.39 is 28.6 Å². The van der Waals surface area contributed by atoms with Crippen molar-refractivity contribution in [2.45, 2.75) is 63.7 Å². The highest BCUT2D eigenvalue weighted by Gasteiger charge is 2.34. The fourth-order valence-corrected chi connectivity index (χ4v) is 2.66. The monoisotopic (exact) mass is 308 g/mol. The molecule has 20 heavy (non-hydrogen) atoms. The smallest absolute Gasteiger partial charge is 0.407 e. The first-order valence-corrected chi connectivity index (χ1v) is 7.77. The Morgan fingerprint density at radius 3 is 2.40 bits per heavy atom. The normalized spacial score (nSPS) is 28.8. The van der Waals surface area contributed by atoms with E-state index in [-0.39, 0.29) is 12.6 Å². The van der Waals surface area contributed by atoms with Gasteiger partial charge in [-0.25, -0.2) is 13.7 Å². The average Bonchev–Trinajstić information content (AvgIpc) is 2.27. The van der Waals surface area contributed by atoms with E-state index in [4.69, 9.17) is 9.29 Å². The van der Waals surface area contributed by atoms with Crippen LogP contribution in [-0.2, 0) is 16.0 Å². The summed E-state index contributed by atoms with van der Waals surface area (Å²) in [7, 11) is 0. The zero-order chi connectivity index (χ0) is 15.4. The summed E-state index contributed by atoms with van der Waals surface area (Å²) in [6.07, 6.45) is 1.52. The number of ether oxygens (including phenoxy) is 1. The third-order valence-electron chi connectivity index (χ3n) is 3.14. The quantitative estimate of drug-likeness (QED) is 0.577. The molecule has 0 aromatic heterocycles. The highest BCUT2D eigenvalue weighted by atomic mass is 32.2. The minimum atomic E-state index is -2.03. The average molecular weight is 308 g/mol. The van der Waals surface area contributed by atoms with Gasteiger partial charge in [-0.05, 0) is 46.5 Å². The first kappa shape index (κ1) is 17.4. The van der Waals surface area contributed by atoms with Crippen LogP contribution >= 0.6 is 0 Å². The van der Waals surface area contributed by atoms with Crippen LogP contribution in [0.1, 0.15) is 46.5 Å². The zero-order valence-electron chi connectivity index (χ0n) is 12.1. The van der Waals surface area contributed by atoms with E-state index in [1.807, 2.05) is 0 Å². The predicted molar refractivity (Wildman–Crippen MR) is 75.3 cm³/mol. The first-order valence-electron chi connectivity index (χ1n) is 6.66. The highest BCUT2D eigenvalue weighted by Crippen LogP contribution is 2.28. The molecule has 1 fully saturated rings. The van der Waals surface area contributed by atoms with Crippen LogP contribution in [0, 0.1) is 0 Å². The number of carbonyl (C=O) groups excluding carboxylic acids is 1. The van der Waals surface area contributed by atoms with Crippen LogP contribution in [-0.4, -0.2) is 43.8 Å². The molecule has 0 aliphatic heterocycles. The molecule has 0 heterocycles. The number of alkyl carbamates (subject to hydrolysis) is 1. The summed E-state index contributed by atoms with van der Waals surface area (Å²) in [5.74, 6) is 0. The minimum absolute atomic E-state index is 0.0809. The Bertz CT molecular complexity index is 361. The molecule has 1 rings (SSSR count). The van der Waals surface area contributed by atoms with Gasteiger partial charge in [0.15, 0.2) is 0 Å². The Morgan fingerprint density at radius 2 is 1.95 bits per heavy atom. The van der Waals surface area contributed by atoms with Gasteiger partial charge in [0.05, 0.1) is 5.60 Å². The summed E-state index contributed by atoms with van der Waals surface area (Å²) in [6.45, 7) is 5.43. The Hall–Kier alpha value is -0.700. The molecule has 8 heteroatoms. The molecule has 0 saturated heterocycles. The molecule has 118 valence electrons. The Morgan fingerprint density at radius 1 is 1.40 bits per heavy atom. The molecule has 0 aromatic carbocycles. The maximum absolute atomic E-state index is 11.5. The van der Waals surface area contributed by atoms with Crippen LogP contribution < -0.4 is 10.0 Å². The van der Waals surface area contributed by atoms with E-state index in [0.717, 1.165) is 0 Å². The van der Waals surface area contributed by atoms with E-state index in [0.29, 0.717) is 25.7 Å². The van der Waals surface area contributed by atoms with Crippen molar-refractivity contribution in [3.63, 3.8) is 0 Å². The third-order valence-corrected chi connectivity index (χ3v) is 3.68. The van der Waals surface area contributed by atoms with Crippen molar-refractivity contribution in [2.24, 2.45) is 0 Å². The summed E-state index contributed by atoms with van der Waals surface area (Å²) < 4.78 is 27.0. The SMILES string of the molecule is CC(C)(C)OC(=O)NCC1(O)CCC(NS(=O)O)CC1. The van der Waals surface area contributed by atoms with Gasteiger partial charge in [-0.3, -0.25) is 4.55 Å². The molecule has 7 nitrogen and oxygen atoms in total. The van der Waals surface area contributed by atoms with Gasteiger partial charge in [0.1, 0.15) is 5.60 Å². The van der Waals surface area contributed by atoms with E-state index in [1.165, 1.54) is 0 Å². The van der Waals surface area contributed by atoms with Crippen molar-refractivity contribution in [1.29, 1.82) is 0 Å². The van der Waals surface area contributed by atoms with E-state index in [1.54, 1.807) is 20.8 Å². The summed E-state index contributed by atoms with van der Waals surface area (Å²) in [5, 5.41) is 12.9. The van der Waals surface area contributed by atoms with Gasteiger partial charge in [-0.15, -0.1) is 0 Å². The minimum Gasteiger partial charge on any atom is -0.444 e. The van der Waals surface area contributed by atoms with Crippen molar-refractivity contribution in [3.8, 4) is 0 Å². The fourth-order valence-electron chi connectivity index (χ4n) is 2.14. The van der Waals surface area contributed by atoms with E-state index in [2.05, 4.69) is 10.0 Å². The Labute approximate surface area is 121 Å². The number of nitrogens with one attached hydrogen (secondary N) is 2. The lowest BCUT2D eigenvalue weighted by Crippen LogP contribution is -2.49. The van der Waals surface area contributed by atoms with Crippen LogP contribution in [0.15, 0.2) is 0 Å². The second kappa shape index (κ2) is 6.84. The maximum atomic E-state index is 11.5. The maximum Gasteiger partial charge on any atom is 0.407 e. The van der Waals surface area contributed by atoms with Crippen LogP contribution in [0.3, 0.4) is 0 Å². The van der Waals surface area contributed by atoms with Crippen molar-refractivity contribution < 1.29 is 23.4 Å². The summed E-state index contributed by atoms with van der Waals surface area (Å²) in [5.41, 5.74) is -1.55. The number of hydrogen-bond acceptors (Lipinski definition) is 4. The number of hydrogen-bond donors (Lipinski definition) is 4. The topological polar surface area (TPSA) is 108 Å². The third kappa shape index (κ3) is 6.65. The molecule has 1 atom stereocenters. The molecule has 1 saturated carbocycles. The number of amides is 1. The molecular formula is C12H24N2O5S. The lowest BCUT2D eigenvalue weighted by Gasteiger charge is -2.36. The van der Waals surface area contributed by atoms with Crippen molar-refractivity contribution in [3.05, 3.63) is 0 Å². The second-order valence-electron chi connectivity index (χ2n) is 6.22. The van der Waals surface area contributed by atoms with Crippen molar-refractivity contribution in [1.82, 2.24) is 10.0 Å². The molecule has 1 unspecified atom stereocenters. The molecule has 0 aromatic rings. The molecule has 4 N–H and O–H groups in total. The van der Waals surface area contributed by atoms with Gasteiger partial charge in [0.2, 0.25) is 11.3 Å². The van der Waals surface area contributed by atoms with E-state index in [9.17, 15) is 14.1 Å². The zero-order valence-corrected chi connectivity index (χ0v) is 13.0.